The molecule has 2 rings (SSSR count). The summed E-state index contributed by atoms with van der Waals surface area (Å²) in [4.78, 5) is 18.7. The third kappa shape index (κ3) is 4.82. The molecule has 0 bridgehead atoms. The Hall–Kier alpha value is -2.34. The van der Waals surface area contributed by atoms with Gasteiger partial charge in [0, 0.05) is 38.5 Å². The maximum absolute atomic E-state index is 12.0. The van der Waals surface area contributed by atoms with E-state index in [4.69, 9.17) is 4.74 Å². The molecule has 0 atom stereocenters. The Kier molecular flexibility index (Phi) is 5.76. The molecule has 0 saturated carbocycles. The molecular formula is C17H21N3O2S. The van der Waals surface area contributed by atoms with Crippen molar-refractivity contribution in [3.8, 4) is 5.75 Å². The second kappa shape index (κ2) is 7.78. The van der Waals surface area contributed by atoms with Gasteiger partial charge in [0.2, 0.25) is 0 Å². The van der Waals surface area contributed by atoms with Crippen LogP contribution in [0.25, 0.3) is 0 Å². The minimum atomic E-state index is -0.0443. The van der Waals surface area contributed by atoms with Gasteiger partial charge in [-0.25, -0.2) is 4.98 Å². The van der Waals surface area contributed by atoms with Crippen molar-refractivity contribution >= 4 is 22.3 Å². The van der Waals surface area contributed by atoms with Crippen LogP contribution in [0.3, 0.4) is 0 Å². The van der Waals surface area contributed by atoms with Crippen LogP contribution in [-0.4, -0.2) is 36.9 Å². The lowest BCUT2D eigenvalue weighted by Crippen LogP contribution is -2.02. The number of ketones is 1. The van der Waals surface area contributed by atoms with E-state index in [-0.39, 0.29) is 5.78 Å². The van der Waals surface area contributed by atoms with Gasteiger partial charge >= 0.3 is 0 Å². The van der Waals surface area contributed by atoms with Crippen LogP contribution in [0.4, 0.5) is 5.13 Å². The Morgan fingerprint density at radius 2 is 2.22 bits per heavy atom. The number of rotatable bonds is 7. The molecule has 0 fully saturated rings. The van der Waals surface area contributed by atoms with Gasteiger partial charge in [0.15, 0.2) is 10.9 Å². The number of hydrogen-bond acceptors (Lipinski definition) is 6. The molecule has 1 aromatic carbocycles. The van der Waals surface area contributed by atoms with E-state index in [9.17, 15) is 4.79 Å². The summed E-state index contributed by atoms with van der Waals surface area (Å²) in [5.41, 5.74) is 2.20. The van der Waals surface area contributed by atoms with E-state index < -0.39 is 0 Å². The van der Waals surface area contributed by atoms with Gasteiger partial charge in [0.05, 0.1) is 18.2 Å². The average molecular weight is 331 g/mol. The molecule has 23 heavy (non-hydrogen) atoms. The second-order valence-electron chi connectivity index (χ2n) is 5.34. The van der Waals surface area contributed by atoms with Crippen molar-refractivity contribution in [3.63, 3.8) is 0 Å². The minimum Gasteiger partial charge on any atom is -0.496 e. The van der Waals surface area contributed by atoms with Crippen molar-refractivity contribution in [2.24, 2.45) is 0 Å². The van der Waals surface area contributed by atoms with E-state index in [2.05, 4.69) is 10.3 Å². The van der Waals surface area contributed by atoms with Crippen molar-refractivity contribution in [1.82, 2.24) is 9.88 Å². The molecule has 0 aliphatic rings. The van der Waals surface area contributed by atoms with Crippen LogP contribution in [0.2, 0.25) is 0 Å². The van der Waals surface area contributed by atoms with Gasteiger partial charge in [-0.05, 0) is 18.6 Å². The normalized spacial score (nSPS) is 10.8. The summed E-state index contributed by atoms with van der Waals surface area (Å²) in [5.74, 6) is 0.802. The molecule has 0 saturated heterocycles. The first kappa shape index (κ1) is 17.0. The van der Waals surface area contributed by atoms with Crippen molar-refractivity contribution in [2.75, 3.05) is 26.5 Å². The zero-order valence-electron chi connectivity index (χ0n) is 13.8. The number of anilines is 1. The molecule has 5 nitrogen and oxygen atoms in total. The summed E-state index contributed by atoms with van der Waals surface area (Å²) in [5, 5.41) is 3.95. The molecule has 1 aromatic heterocycles. The number of aryl methyl sites for hydroxylation is 1. The highest BCUT2D eigenvalue weighted by molar-refractivity contribution is 7.17. The number of ether oxygens (including phenoxy) is 1. The van der Waals surface area contributed by atoms with Crippen molar-refractivity contribution in [1.29, 1.82) is 0 Å². The van der Waals surface area contributed by atoms with Crippen molar-refractivity contribution < 1.29 is 9.53 Å². The molecule has 0 unspecified atom stereocenters. The SMILES string of the molecule is COc1cc(C)ccc1CNc1ncc(C(=O)/C=C/N(C)C)s1. The quantitative estimate of drug-likeness (QED) is 0.623. The van der Waals surface area contributed by atoms with E-state index in [1.807, 2.05) is 44.1 Å². The predicted octanol–water partition coefficient (Wildman–Crippen LogP) is 3.33. The molecule has 2 aromatic rings. The summed E-state index contributed by atoms with van der Waals surface area (Å²) in [6.45, 7) is 2.62. The van der Waals surface area contributed by atoms with Crippen LogP contribution < -0.4 is 10.1 Å². The van der Waals surface area contributed by atoms with Crippen LogP contribution in [0, 0.1) is 6.92 Å². The van der Waals surface area contributed by atoms with Gasteiger partial charge < -0.3 is 15.0 Å². The van der Waals surface area contributed by atoms with Crippen LogP contribution in [0.5, 0.6) is 5.75 Å². The first-order valence-electron chi connectivity index (χ1n) is 7.22. The lowest BCUT2D eigenvalue weighted by molar-refractivity contribution is 0.104. The summed E-state index contributed by atoms with van der Waals surface area (Å²) in [7, 11) is 5.41. The number of benzene rings is 1. The molecule has 0 amide bonds. The molecule has 0 spiro atoms. The van der Waals surface area contributed by atoms with Gasteiger partial charge in [-0.1, -0.05) is 23.5 Å². The molecule has 122 valence electrons. The summed E-state index contributed by atoms with van der Waals surface area (Å²) in [6.07, 6.45) is 4.87. The van der Waals surface area contributed by atoms with E-state index in [0.29, 0.717) is 16.6 Å². The fourth-order valence-electron chi connectivity index (χ4n) is 1.94. The van der Waals surface area contributed by atoms with Gasteiger partial charge in [-0.2, -0.15) is 0 Å². The lowest BCUT2D eigenvalue weighted by Gasteiger charge is -2.09. The Labute approximate surface area is 140 Å². The summed E-state index contributed by atoms with van der Waals surface area (Å²) < 4.78 is 5.39. The molecule has 0 aliphatic heterocycles. The number of allylic oxidation sites excluding steroid dienone is 1. The van der Waals surface area contributed by atoms with E-state index >= 15 is 0 Å². The number of carbonyl (C=O) groups excluding carboxylic acids is 1. The maximum atomic E-state index is 12.0. The average Bonchev–Trinajstić information content (AvgIpc) is 3.00. The standard InChI is InChI=1S/C17H21N3O2S/c1-12-5-6-13(15(9-12)22-4)10-18-17-19-11-16(23-17)14(21)7-8-20(2)3/h5-9,11H,10H2,1-4H3,(H,18,19)/b8-7+. The molecule has 0 radical (unpaired) electrons. The number of carbonyl (C=O) groups is 1. The van der Waals surface area contributed by atoms with Gasteiger partial charge in [0.1, 0.15) is 5.75 Å². The third-order valence-corrected chi connectivity index (χ3v) is 4.11. The van der Waals surface area contributed by atoms with Crippen LogP contribution in [0.1, 0.15) is 20.8 Å². The van der Waals surface area contributed by atoms with Gasteiger partial charge in [0.25, 0.3) is 0 Å². The number of methoxy groups -OCH3 is 1. The molecule has 6 heteroatoms. The fourth-order valence-corrected chi connectivity index (χ4v) is 2.67. The Balaban J connectivity index is 2.01. The van der Waals surface area contributed by atoms with Crippen molar-refractivity contribution in [2.45, 2.75) is 13.5 Å². The summed E-state index contributed by atoms with van der Waals surface area (Å²) in [6, 6.07) is 6.07. The second-order valence-corrected chi connectivity index (χ2v) is 6.37. The highest BCUT2D eigenvalue weighted by Crippen LogP contribution is 2.23. The van der Waals surface area contributed by atoms with Gasteiger partial charge in [-0.3, -0.25) is 4.79 Å². The van der Waals surface area contributed by atoms with Crippen LogP contribution in [0.15, 0.2) is 36.7 Å². The number of thiazole rings is 1. The fraction of sp³-hybridized carbons (Fsp3) is 0.294. The predicted molar refractivity (Wildman–Crippen MR) is 94.3 cm³/mol. The third-order valence-electron chi connectivity index (χ3n) is 3.15. The highest BCUT2D eigenvalue weighted by Gasteiger charge is 2.09. The molecule has 1 heterocycles. The smallest absolute Gasteiger partial charge is 0.198 e. The Morgan fingerprint density at radius 1 is 1.43 bits per heavy atom. The summed E-state index contributed by atoms with van der Waals surface area (Å²) >= 11 is 1.35. The highest BCUT2D eigenvalue weighted by atomic mass is 32.1. The van der Waals surface area contributed by atoms with E-state index in [0.717, 1.165) is 16.9 Å². The lowest BCUT2D eigenvalue weighted by atomic mass is 10.1. The van der Waals surface area contributed by atoms with Gasteiger partial charge in [-0.15, -0.1) is 0 Å². The monoisotopic (exact) mass is 331 g/mol. The van der Waals surface area contributed by atoms with Crippen LogP contribution >= 0.6 is 11.3 Å². The van der Waals surface area contributed by atoms with Crippen LogP contribution in [-0.2, 0) is 6.54 Å². The minimum absolute atomic E-state index is 0.0443. The topological polar surface area (TPSA) is 54.5 Å². The van der Waals surface area contributed by atoms with E-state index in [1.54, 1.807) is 25.6 Å². The maximum Gasteiger partial charge on any atom is 0.198 e. The number of aromatic nitrogens is 1. The Morgan fingerprint density at radius 3 is 2.91 bits per heavy atom. The molecule has 0 aliphatic carbocycles. The van der Waals surface area contributed by atoms with E-state index in [1.165, 1.54) is 11.3 Å². The molecule has 1 N–H and O–H groups in total. The first-order valence-corrected chi connectivity index (χ1v) is 8.03. The largest absolute Gasteiger partial charge is 0.496 e. The molecular weight excluding hydrogens is 310 g/mol. The zero-order chi connectivity index (χ0) is 16.8. The van der Waals surface area contributed by atoms with Crippen molar-refractivity contribution in [3.05, 3.63) is 52.7 Å². The Bertz CT molecular complexity index is 708. The number of nitrogens with one attached hydrogen (secondary N) is 1. The first-order chi connectivity index (χ1) is 11.0. The number of hydrogen-bond donors (Lipinski definition) is 1. The zero-order valence-corrected chi connectivity index (χ0v) is 14.6. The number of nitrogens with zero attached hydrogens (tertiary/aromatic N) is 2.